The summed E-state index contributed by atoms with van der Waals surface area (Å²) in [5, 5.41) is 0. The number of benzene rings is 1. The van der Waals surface area contributed by atoms with Crippen molar-refractivity contribution in [3.05, 3.63) is 35.9 Å². The van der Waals surface area contributed by atoms with Crippen LogP contribution in [0.4, 0.5) is 0 Å². The minimum Gasteiger partial charge on any atom is -0.497 e. The van der Waals surface area contributed by atoms with E-state index >= 15 is 0 Å². The van der Waals surface area contributed by atoms with Gasteiger partial charge in [-0.15, -0.1) is 6.58 Å². The lowest BCUT2D eigenvalue weighted by atomic mass is 10.00. The van der Waals surface area contributed by atoms with Gasteiger partial charge < -0.3 is 15.2 Å². The Morgan fingerprint density at radius 2 is 2.06 bits per heavy atom. The summed E-state index contributed by atoms with van der Waals surface area (Å²) in [6, 6.07) is 5.52. The van der Waals surface area contributed by atoms with Gasteiger partial charge in [-0.3, -0.25) is 0 Å². The summed E-state index contributed by atoms with van der Waals surface area (Å²) >= 11 is 0. The zero-order chi connectivity index (χ0) is 12.1. The molecule has 0 saturated heterocycles. The first kappa shape index (κ1) is 12.6. The predicted molar refractivity (Wildman–Crippen MR) is 65.9 cm³/mol. The summed E-state index contributed by atoms with van der Waals surface area (Å²) in [5.41, 5.74) is 8.10. The summed E-state index contributed by atoms with van der Waals surface area (Å²) in [6.07, 6.45) is 0.740. The fourth-order valence-corrected chi connectivity index (χ4v) is 1.61. The second-order valence-corrected chi connectivity index (χ2v) is 3.88. The van der Waals surface area contributed by atoms with Crippen molar-refractivity contribution in [1.82, 2.24) is 0 Å². The maximum absolute atomic E-state index is 6.10. The lowest BCUT2D eigenvalue weighted by Gasteiger charge is -2.16. The molecule has 0 amide bonds. The summed E-state index contributed by atoms with van der Waals surface area (Å²) in [7, 11) is 3.27. The summed E-state index contributed by atoms with van der Waals surface area (Å²) in [4.78, 5) is 0. The molecule has 0 unspecified atom stereocenters. The average Bonchev–Trinajstić information content (AvgIpc) is 2.27. The molecule has 0 fully saturated rings. The number of rotatable bonds is 5. The number of nitrogens with two attached hydrogens (primary N) is 1. The van der Waals surface area contributed by atoms with Crippen molar-refractivity contribution in [2.75, 3.05) is 14.2 Å². The molecule has 1 aromatic carbocycles. The molecule has 0 bridgehead atoms. The Morgan fingerprint density at radius 3 is 2.56 bits per heavy atom. The van der Waals surface area contributed by atoms with Gasteiger partial charge in [0.15, 0.2) is 0 Å². The van der Waals surface area contributed by atoms with Gasteiger partial charge in [0.2, 0.25) is 0 Å². The molecule has 16 heavy (non-hydrogen) atoms. The predicted octanol–water partition coefficient (Wildman–Crippen LogP) is 2.67. The van der Waals surface area contributed by atoms with Crippen LogP contribution < -0.4 is 15.2 Å². The highest BCUT2D eigenvalue weighted by atomic mass is 16.5. The van der Waals surface area contributed by atoms with Gasteiger partial charge in [-0.05, 0) is 31.5 Å². The van der Waals surface area contributed by atoms with Gasteiger partial charge in [-0.2, -0.15) is 0 Å². The highest BCUT2D eigenvalue weighted by molar-refractivity contribution is 5.42. The van der Waals surface area contributed by atoms with Crippen LogP contribution in [0.15, 0.2) is 30.4 Å². The van der Waals surface area contributed by atoms with E-state index in [1.54, 1.807) is 14.2 Å². The fraction of sp³-hybridized carbons (Fsp3) is 0.385. The summed E-state index contributed by atoms with van der Waals surface area (Å²) in [6.45, 7) is 5.83. The minimum atomic E-state index is -0.109. The number of methoxy groups -OCH3 is 2. The zero-order valence-electron chi connectivity index (χ0n) is 10.1. The van der Waals surface area contributed by atoms with Crippen LogP contribution in [-0.2, 0) is 0 Å². The lowest BCUT2D eigenvalue weighted by molar-refractivity contribution is 0.395. The Balaban J connectivity index is 3.02. The second kappa shape index (κ2) is 5.56. The van der Waals surface area contributed by atoms with Gasteiger partial charge in [0.05, 0.1) is 14.2 Å². The van der Waals surface area contributed by atoms with Crippen LogP contribution in [0, 0.1) is 0 Å². The first-order chi connectivity index (χ1) is 7.58. The smallest absolute Gasteiger partial charge is 0.123 e. The summed E-state index contributed by atoms with van der Waals surface area (Å²) in [5.74, 6) is 1.57. The van der Waals surface area contributed by atoms with E-state index in [1.165, 1.54) is 0 Å². The van der Waals surface area contributed by atoms with Gasteiger partial charge in [0, 0.05) is 11.6 Å². The van der Waals surface area contributed by atoms with E-state index in [1.807, 2.05) is 25.1 Å². The molecule has 0 aliphatic carbocycles. The third-order valence-electron chi connectivity index (χ3n) is 2.40. The third-order valence-corrected chi connectivity index (χ3v) is 2.40. The van der Waals surface area contributed by atoms with Crippen LogP contribution in [0.3, 0.4) is 0 Å². The van der Waals surface area contributed by atoms with Gasteiger partial charge in [0.25, 0.3) is 0 Å². The number of hydrogen-bond donors (Lipinski definition) is 1. The molecular formula is C13H19NO2. The quantitative estimate of drug-likeness (QED) is 0.777. The van der Waals surface area contributed by atoms with E-state index in [-0.39, 0.29) is 6.04 Å². The maximum atomic E-state index is 6.10. The highest BCUT2D eigenvalue weighted by Crippen LogP contribution is 2.30. The number of ether oxygens (including phenoxy) is 2. The molecule has 3 nitrogen and oxygen atoms in total. The SMILES string of the molecule is C=C(C)C[C@@H](N)c1cc(OC)ccc1OC. The van der Waals surface area contributed by atoms with Crippen molar-refractivity contribution in [2.24, 2.45) is 5.73 Å². The Bertz CT molecular complexity index is 374. The van der Waals surface area contributed by atoms with Crippen LogP contribution in [0.25, 0.3) is 0 Å². The molecule has 0 aromatic heterocycles. The van der Waals surface area contributed by atoms with E-state index in [4.69, 9.17) is 15.2 Å². The third kappa shape index (κ3) is 3.00. The largest absolute Gasteiger partial charge is 0.497 e. The Hall–Kier alpha value is -1.48. The fourth-order valence-electron chi connectivity index (χ4n) is 1.61. The van der Waals surface area contributed by atoms with E-state index in [2.05, 4.69) is 6.58 Å². The monoisotopic (exact) mass is 221 g/mol. The van der Waals surface area contributed by atoms with Gasteiger partial charge in [-0.1, -0.05) is 5.57 Å². The van der Waals surface area contributed by atoms with Gasteiger partial charge in [0.1, 0.15) is 11.5 Å². The molecule has 88 valence electrons. The molecule has 0 radical (unpaired) electrons. The van der Waals surface area contributed by atoms with E-state index in [0.717, 1.165) is 29.1 Å². The van der Waals surface area contributed by atoms with E-state index in [9.17, 15) is 0 Å². The van der Waals surface area contributed by atoms with Crippen molar-refractivity contribution in [3.8, 4) is 11.5 Å². The van der Waals surface area contributed by atoms with Crippen molar-refractivity contribution in [3.63, 3.8) is 0 Å². The first-order valence-corrected chi connectivity index (χ1v) is 5.20. The maximum Gasteiger partial charge on any atom is 0.123 e. The molecule has 0 aliphatic heterocycles. The minimum absolute atomic E-state index is 0.109. The first-order valence-electron chi connectivity index (χ1n) is 5.20. The molecule has 1 rings (SSSR count). The Kier molecular flexibility index (Phi) is 4.38. The Morgan fingerprint density at radius 1 is 1.38 bits per heavy atom. The van der Waals surface area contributed by atoms with Gasteiger partial charge in [-0.25, -0.2) is 0 Å². The van der Waals surface area contributed by atoms with Crippen molar-refractivity contribution >= 4 is 0 Å². The van der Waals surface area contributed by atoms with Crippen LogP contribution in [-0.4, -0.2) is 14.2 Å². The molecule has 3 heteroatoms. The molecule has 1 atom stereocenters. The average molecular weight is 221 g/mol. The van der Waals surface area contributed by atoms with E-state index in [0.29, 0.717) is 0 Å². The topological polar surface area (TPSA) is 44.5 Å². The van der Waals surface area contributed by atoms with Crippen LogP contribution in [0.1, 0.15) is 24.9 Å². The van der Waals surface area contributed by atoms with Crippen LogP contribution in [0.2, 0.25) is 0 Å². The molecule has 1 aromatic rings. The zero-order valence-corrected chi connectivity index (χ0v) is 10.1. The molecule has 0 spiro atoms. The molecule has 0 saturated carbocycles. The molecule has 0 aliphatic rings. The van der Waals surface area contributed by atoms with Crippen LogP contribution in [0.5, 0.6) is 11.5 Å². The molecular weight excluding hydrogens is 202 g/mol. The van der Waals surface area contributed by atoms with Crippen LogP contribution >= 0.6 is 0 Å². The summed E-state index contributed by atoms with van der Waals surface area (Å²) < 4.78 is 10.5. The van der Waals surface area contributed by atoms with E-state index < -0.39 is 0 Å². The molecule has 2 N–H and O–H groups in total. The van der Waals surface area contributed by atoms with Crippen molar-refractivity contribution < 1.29 is 9.47 Å². The number of hydrogen-bond acceptors (Lipinski definition) is 3. The van der Waals surface area contributed by atoms with Crippen molar-refractivity contribution in [2.45, 2.75) is 19.4 Å². The Labute approximate surface area is 96.9 Å². The lowest BCUT2D eigenvalue weighted by Crippen LogP contribution is -2.12. The highest BCUT2D eigenvalue weighted by Gasteiger charge is 2.13. The second-order valence-electron chi connectivity index (χ2n) is 3.88. The molecule has 0 heterocycles. The normalized spacial score (nSPS) is 12.0. The van der Waals surface area contributed by atoms with Gasteiger partial charge >= 0.3 is 0 Å². The standard InChI is InChI=1S/C13H19NO2/c1-9(2)7-12(14)11-8-10(15-3)5-6-13(11)16-4/h5-6,8,12H,1,7,14H2,2-4H3/t12-/m1/s1. The van der Waals surface area contributed by atoms with Crippen molar-refractivity contribution in [1.29, 1.82) is 0 Å².